The van der Waals surface area contributed by atoms with Gasteiger partial charge in [0.2, 0.25) is 0 Å². The Bertz CT molecular complexity index is 719. The van der Waals surface area contributed by atoms with Crippen LogP contribution in [-0.2, 0) is 4.74 Å². The summed E-state index contributed by atoms with van der Waals surface area (Å²) in [5.74, 6) is 0. The molecule has 0 atom stereocenters. The molecule has 0 aliphatic rings. The van der Waals surface area contributed by atoms with Crippen molar-refractivity contribution in [1.29, 1.82) is 0 Å². The first kappa shape index (κ1) is 16.6. The summed E-state index contributed by atoms with van der Waals surface area (Å²) >= 11 is 0. The summed E-state index contributed by atoms with van der Waals surface area (Å²) in [7, 11) is 1.38. The number of ether oxygens (including phenoxy) is 1. The lowest BCUT2D eigenvalue weighted by molar-refractivity contribution is 0.179. The van der Waals surface area contributed by atoms with Crippen LogP contribution in [0.5, 0.6) is 0 Å². The standard InChI is InChI=1S/C20H21NO2/c1-4-15-21(20(22)23-3)19-12-8-7-11-18(19)14-13-17-10-6-5-9-16(17)2/h4-14H,1,15H2,2-3H3. The molecule has 2 aromatic rings. The molecule has 0 heterocycles. The number of carbonyl (C=O) groups excluding carboxylic acids is 1. The molecule has 23 heavy (non-hydrogen) atoms. The van der Waals surface area contributed by atoms with Crippen LogP contribution >= 0.6 is 0 Å². The number of amides is 1. The summed E-state index contributed by atoms with van der Waals surface area (Å²) in [5, 5.41) is 0. The quantitative estimate of drug-likeness (QED) is 0.579. The number of hydrogen-bond donors (Lipinski definition) is 0. The molecule has 0 N–H and O–H groups in total. The van der Waals surface area contributed by atoms with Gasteiger partial charge in [-0.2, -0.15) is 0 Å². The molecule has 2 aromatic carbocycles. The van der Waals surface area contributed by atoms with Gasteiger partial charge in [-0.3, -0.25) is 4.90 Å². The van der Waals surface area contributed by atoms with Crippen LogP contribution in [0.1, 0.15) is 16.7 Å². The van der Waals surface area contributed by atoms with Crippen LogP contribution in [0, 0.1) is 6.92 Å². The van der Waals surface area contributed by atoms with E-state index in [9.17, 15) is 4.79 Å². The lowest BCUT2D eigenvalue weighted by Gasteiger charge is -2.21. The third kappa shape index (κ3) is 4.10. The van der Waals surface area contributed by atoms with Gasteiger partial charge in [0.1, 0.15) is 0 Å². The van der Waals surface area contributed by atoms with E-state index in [0.29, 0.717) is 6.54 Å². The lowest BCUT2D eigenvalue weighted by Crippen LogP contribution is -2.31. The molecular formula is C20H21NO2. The Hall–Kier alpha value is -2.81. The summed E-state index contributed by atoms with van der Waals surface area (Å²) < 4.78 is 4.87. The maximum absolute atomic E-state index is 12.0. The number of hydrogen-bond acceptors (Lipinski definition) is 2. The van der Waals surface area contributed by atoms with Crippen molar-refractivity contribution in [2.45, 2.75) is 6.92 Å². The maximum Gasteiger partial charge on any atom is 0.414 e. The number of benzene rings is 2. The first-order valence-corrected chi connectivity index (χ1v) is 7.46. The Labute approximate surface area is 137 Å². The van der Waals surface area contributed by atoms with Crippen molar-refractivity contribution in [3.05, 3.63) is 77.9 Å². The van der Waals surface area contributed by atoms with Crippen LogP contribution in [0.25, 0.3) is 12.2 Å². The third-order valence-electron chi connectivity index (χ3n) is 3.57. The van der Waals surface area contributed by atoms with Crippen molar-refractivity contribution < 1.29 is 9.53 Å². The smallest absolute Gasteiger partial charge is 0.414 e. The molecule has 1 amide bonds. The van der Waals surface area contributed by atoms with Gasteiger partial charge in [-0.05, 0) is 29.7 Å². The number of anilines is 1. The lowest BCUT2D eigenvalue weighted by atomic mass is 10.1. The highest BCUT2D eigenvalue weighted by Gasteiger charge is 2.16. The normalized spacial score (nSPS) is 10.5. The second-order valence-corrected chi connectivity index (χ2v) is 5.12. The molecule has 0 fully saturated rings. The van der Waals surface area contributed by atoms with Crippen molar-refractivity contribution in [1.82, 2.24) is 0 Å². The van der Waals surface area contributed by atoms with Crippen LogP contribution in [0.15, 0.2) is 61.2 Å². The van der Waals surface area contributed by atoms with Crippen molar-refractivity contribution in [3.8, 4) is 0 Å². The minimum atomic E-state index is -0.401. The fourth-order valence-electron chi connectivity index (χ4n) is 2.34. The topological polar surface area (TPSA) is 29.5 Å². The van der Waals surface area contributed by atoms with Gasteiger partial charge in [-0.1, -0.05) is 60.7 Å². The van der Waals surface area contributed by atoms with E-state index >= 15 is 0 Å². The number of rotatable bonds is 5. The molecule has 3 nitrogen and oxygen atoms in total. The van der Waals surface area contributed by atoms with E-state index in [4.69, 9.17) is 4.74 Å². The molecule has 0 radical (unpaired) electrons. The van der Waals surface area contributed by atoms with Crippen LogP contribution in [0.2, 0.25) is 0 Å². The molecule has 0 saturated heterocycles. The van der Waals surface area contributed by atoms with E-state index in [1.807, 2.05) is 42.5 Å². The highest BCUT2D eigenvalue weighted by molar-refractivity contribution is 5.92. The van der Waals surface area contributed by atoms with Crippen LogP contribution in [0.4, 0.5) is 10.5 Å². The summed E-state index contributed by atoms with van der Waals surface area (Å²) in [6, 6.07) is 15.9. The predicted molar refractivity (Wildman–Crippen MR) is 96.5 cm³/mol. The highest BCUT2D eigenvalue weighted by atomic mass is 16.5. The first-order chi connectivity index (χ1) is 11.2. The van der Waals surface area contributed by atoms with Crippen molar-refractivity contribution in [3.63, 3.8) is 0 Å². The Kier molecular flexibility index (Phi) is 5.75. The molecule has 0 bridgehead atoms. The summed E-state index contributed by atoms with van der Waals surface area (Å²) in [4.78, 5) is 13.6. The van der Waals surface area contributed by atoms with Gasteiger partial charge in [0.05, 0.1) is 12.8 Å². The highest BCUT2D eigenvalue weighted by Crippen LogP contribution is 2.24. The average molecular weight is 307 g/mol. The number of para-hydroxylation sites is 1. The van der Waals surface area contributed by atoms with Gasteiger partial charge in [0, 0.05) is 6.54 Å². The zero-order chi connectivity index (χ0) is 16.7. The molecule has 0 aliphatic heterocycles. The summed E-state index contributed by atoms with van der Waals surface area (Å²) in [6.07, 6.45) is 5.34. The van der Waals surface area contributed by atoms with Crippen molar-refractivity contribution in [2.24, 2.45) is 0 Å². The summed E-state index contributed by atoms with van der Waals surface area (Å²) in [6.45, 7) is 6.17. The maximum atomic E-state index is 12.0. The zero-order valence-corrected chi connectivity index (χ0v) is 13.5. The molecular weight excluding hydrogens is 286 g/mol. The van der Waals surface area contributed by atoms with E-state index in [-0.39, 0.29) is 0 Å². The minimum Gasteiger partial charge on any atom is -0.452 e. The Balaban J connectivity index is 2.38. The third-order valence-corrected chi connectivity index (χ3v) is 3.57. The monoisotopic (exact) mass is 307 g/mol. The second kappa shape index (κ2) is 7.99. The van der Waals surface area contributed by atoms with Crippen LogP contribution in [0.3, 0.4) is 0 Å². The molecule has 0 aliphatic carbocycles. The molecule has 0 spiro atoms. The van der Waals surface area contributed by atoms with Crippen LogP contribution < -0.4 is 4.90 Å². The Morgan fingerprint density at radius 1 is 1.09 bits per heavy atom. The van der Waals surface area contributed by atoms with Gasteiger partial charge in [0.25, 0.3) is 0 Å². The van der Waals surface area contributed by atoms with Gasteiger partial charge in [-0.25, -0.2) is 4.79 Å². The Morgan fingerprint density at radius 2 is 1.70 bits per heavy atom. The zero-order valence-electron chi connectivity index (χ0n) is 13.5. The largest absolute Gasteiger partial charge is 0.452 e. The SMILES string of the molecule is C=CCN(C(=O)OC)c1ccccc1C=Cc1ccccc1C. The fourth-order valence-corrected chi connectivity index (χ4v) is 2.34. The van der Waals surface area contributed by atoms with E-state index in [1.54, 1.807) is 11.0 Å². The summed E-state index contributed by atoms with van der Waals surface area (Å²) in [5.41, 5.74) is 4.10. The minimum absolute atomic E-state index is 0.391. The molecule has 0 saturated carbocycles. The van der Waals surface area contributed by atoms with E-state index in [2.05, 4.69) is 31.7 Å². The Morgan fingerprint density at radius 3 is 2.35 bits per heavy atom. The van der Waals surface area contributed by atoms with Crippen molar-refractivity contribution in [2.75, 3.05) is 18.6 Å². The van der Waals surface area contributed by atoms with Gasteiger partial charge < -0.3 is 4.74 Å². The van der Waals surface area contributed by atoms with Gasteiger partial charge in [-0.15, -0.1) is 6.58 Å². The van der Waals surface area contributed by atoms with E-state index in [0.717, 1.165) is 16.8 Å². The number of methoxy groups -OCH3 is 1. The average Bonchev–Trinajstić information content (AvgIpc) is 2.59. The van der Waals surface area contributed by atoms with Crippen LogP contribution in [-0.4, -0.2) is 19.7 Å². The number of nitrogens with zero attached hydrogens (tertiary/aromatic N) is 1. The second-order valence-electron chi connectivity index (χ2n) is 5.12. The number of carbonyl (C=O) groups is 1. The van der Waals surface area contributed by atoms with Gasteiger partial charge in [0.15, 0.2) is 0 Å². The molecule has 118 valence electrons. The fraction of sp³-hybridized carbons (Fsp3) is 0.150. The predicted octanol–water partition coefficient (Wildman–Crippen LogP) is 4.92. The molecule has 3 heteroatoms. The van der Waals surface area contributed by atoms with Gasteiger partial charge >= 0.3 is 6.09 Å². The molecule has 0 aromatic heterocycles. The van der Waals surface area contributed by atoms with Crippen molar-refractivity contribution >= 4 is 23.9 Å². The number of aryl methyl sites for hydroxylation is 1. The molecule has 0 unspecified atom stereocenters. The first-order valence-electron chi connectivity index (χ1n) is 7.46. The van der Waals surface area contributed by atoms with E-state index in [1.165, 1.54) is 12.7 Å². The molecule has 2 rings (SSSR count). The van der Waals surface area contributed by atoms with E-state index < -0.39 is 6.09 Å².